The van der Waals surface area contributed by atoms with Gasteiger partial charge in [0.1, 0.15) is 5.15 Å². The molecule has 0 amide bonds. The molecular weight excluding hydrogens is 415 g/mol. The van der Waals surface area contributed by atoms with Crippen molar-refractivity contribution in [1.29, 1.82) is 0 Å². The molecule has 19 heavy (non-hydrogen) atoms. The van der Waals surface area contributed by atoms with Gasteiger partial charge in [0.2, 0.25) is 0 Å². The number of hydrogen-bond donors (Lipinski definition) is 0. The first-order chi connectivity index (χ1) is 9.02. The molecule has 2 rings (SSSR count). The third-order valence-corrected chi connectivity index (χ3v) is 4.69. The molecule has 1 aromatic carbocycles. The summed E-state index contributed by atoms with van der Waals surface area (Å²) >= 11 is 19.2. The number of rotatable bonds is 3. The van der Waals surface area contributed by atoms with Crippen molar-refractivity contribution in [3.05, 3.63) is 43.0 Å². The second-order valence-electron chi connectivity index (χ2n) is 3.97. The number of hydrogen-bond acceptors (Lipinski definition) is 2. The second kappa shape index (κ2) is 6.53. The summed E-state index contributed by atoms with van der Waals surface area (Å²) in [6.07, 6.45) is 1.82. The van der Waals surface area contributed by atoms with Crippen LogP contribution in [0.2, 0.25) is 10.2 Å². The van der Waals surface area contributed by atoms with Gasteiger partial charge in [0.05, 0.1) is 15.2 Å². The fourth-order valence-corrected chi connectivity index (χ4v) is 2.78. The van der Waals surface area contributed by atoms with Crippen LogP contribution in [-0.4, -0.2) is 9.97 Å². The topological polar surface area (TPSA) is 25.8 Å². The number of aryl methyl sites for hydroxylation is 1. The van der Waals surface area contributed by atoms with Gasteiger partial charge in [-0.2, -0.15) is 0 Å². The number of aromatic nitrogens is 2. The highest BCUT2D eigenvalue weighted by Gasteiger charge is 2.14. The van der Waals surface area contributed by atoms with Crippen molar-refractivity contribution in [1.82, 2.24) is 9.97 Å². The smallest absolute Gasteiger partial charge is 0.162 e. The average molecular weight is 425 g/mol. The molecule has 1 aromatic heterocycles. The van der Waals surface area contributed by atoms with Crippen LogP contribution in [0.15, 0.2) is 27.1 Å². The first kappa shape index (κ1) is 15.2. The monoisotopic (exact) mass is 422 g/mol. The minimum atomic E-state index is 0.407. The highest BCUT2D eigenvalue weighted by molar-refractivity contribution is 9.10. The lowest BCUT2D eigenvalue weighted by Gasteiger charge is -2.09. The van der Waals surface area contributed by atoms with E-state index in [0.29, 0.717) is 16.0 Å². The van der Waals surface area contributed by atoms with Crippen molar-refractivity contribution in [3.8, 4) is 11.4 Å². The summed E-state index contributed by atoms with van der Waals surface area (Å²) in [5.74, 6) is 0.544. The molecule has 0 N–H and O–H groups in total. The predicted molar refractivity (Wildman–Crippen MR) is 86.9 cm³/mol. The fourth-order valence-electron chi connectivity index (χ4n) is 1.65. The van der Waals surface area contributed by atoms with Crippen molar-refractivity contribution < 1.29 is 0 Å². The van der Waals surface area contributed by atoms with Crippen LogP contribution >= 0.6 is 55.1 Å². The second-order valence-corrected chi connectivity index (χ2v) is 6.45. The molecular formula is C13H10Br2Cl2N2. The first-order valence-electron chi connectivity index (χ1n) is 5.70. The van der Waals surface area contributed by atoms with Crippen molar-refractivity contribution in [2.45, 2.75) is 19.8 Å². The van der Waals surface area contributed by atoms with Gasteiger partial charge in [-0.05, 0) is 40.5 Å². The van der Waals surface area contributed by atoms with Crippen molar-refractivity contribution in [2.24, 2.45) is 0 Å². The van der Waals surface area contributed by atoms with E-state index in [0.717, 1.165) is 33.0 Å². The summed E-state index contributed by atoms with van der Waals surface area (Å²) in [6, 6.07) is 5.57. The van der Waals surface area contributed by atoms with Gasteiger partial charge in [-0.15, -0.1) is 0 Å². The van der Waals surface area contributed by atoms with Crippen LogP contribution in [0.1, 0.15) is 19.0 Å². The summed E-state index contributed by atoms with van der Waals surface area (Å²) in [7, 11) is 0. The normalized spacial score (nSPS) is 10.8. The first-order valence-corrected chi connectivity index (χ1v) is 8.04. The standard InChI is InChI=1S/C13H10Br2Cl2N2/c1-2-3-10-11(15)12(17)19-13(18-10)8-6-7(14)4-5-9(8)16/h4-6H,2-3H2,1H3. The summed E-state index contributed by atoms with van der Waals surface area (Å²) in [6.45, 7) is 2.09. The zero-order valence-corrected chi connectivity index (χ0v) is 14.7. The van der Waals surface area contributed by atoms with Gasteiger partial charge in [-0.1, -0.05) is 52.5 Å². The van der Waals surface area contributed by atoms with Gasteiger partial charge in [-0.3, -0.25) is 0 Å². The molecule has 0 fully saturated rings. The molecule has 0 saturated heterocycles. The molecule has 0 atom stereocenters. The zero-order valence-electron chi connectivity index (χ0n) is 10.1. The Balaban J connectivity index is 2.59. The summed E-state index contributed by atoms with van der Waals surface area (Å²) in [4.78, 5) is 8.84. The maximum atomic E-state index is 6.20. The van der Waals surface area contributed by atoms with Gasteiger partial charge < -0.3 is 0 Å². The predicted octanol–water partition coefficient (Wildman–Crippen LogP) is 5.93. The van der Waals surface area contributed by atoms with E-state index in [2.05, 4.69) is 48.8 Å². The van der Waals surface area contributed by atoms with Crippen LogP contribution in [0.5, 0.6) is 0 Å². The molecule has 0 aliphatic heterocycles. The van der Waals surface area contributed by atoms with Gasteiger partial charge in [0, 0.05) is 10.0 Å². The molecule has 0 spiro atoms. The van der Waals surface area contributed by atoms with Crippen molar-refractivity contribution in [3.63, 3.8) is 0 Å². The summed E-state index contributed by atoms with van der Waals surface area (Å²) in [5, 5.41) is 1.01. The Morgan fingerprint density at radius 3 is 2.58 bits per heavy atom. The zero-order chi connectivity index (χ0) is 14.0. The van der Waals surface area contributed by atoms with E-state index < -0.39 is 0 Å². The molecule has 0 aliphatic rings. The molecule has 0 aliphatic carbocycles. The van der Waals surface area contributed by atoms with Gasteiger partial charge in [-0.25, -0.2) is 9.97 Å². The van der Waals surface area contributed by atoms with Crippen molar-refractivity contribution in [2.75, 3.05) is 0 Å². The Morgan fingerprint density at radius 1 is 1.16 bits per heavy atom. The lowest BCUT2D eigenvalue weighted by atomic mass is 10.2. The molecule has 0 bridgehead atoms. The lowest BCUT2D eigenvalue weighted by Crippen LogP contribution is -1.99. The molecule has 2 nitrogen and oxygen atoms in total. The molecule has 0 radical (unpaired) electrons. The van der Waals surface area contributed by atoms with E-state index in [1.807, 2.05) is 12.1 Å². The van der Waals surface area contributed by atoms with Crippen LogP contribution in [0.25, 0.3) is 11.4 Å². The van der Waals surface area contributed by atoms with E-state index in [1.165, 1.54) is 0 Å². The Kier molecular flexibility index (Phi) is 5.23. The van der Waals surface area contributed by atoms with E-state index in [4.69, 9.17) is 23.2 Å². The van der Waals surface area contributed by atoms with E-state index in [-0.39, 0.29) is 0 Å². The van der Waals surface area contributed by atoms with Crippen molar-refractivity contribution >= 4 is 55.1 Å². The van der Waals surface area contributed by atoms with E-state index in [9.17, 15) is 0 Å². The van der Waals surface area contributed by atoms with E-state index in [1.54, 1.807) is 6.07 Å². The molecule has 100 valence electrons. The quantitative estimate of drug-likeness (QED) is 0.571. The van der Waals surface area contributed by atoms with Gasteiger partial charge in [0.25, 0.3) is 0 Å². The maximum Gasteiger partial charge on any atom is 0.162 e. The number of nitrogens with zero attached hydrogens (tertiary/aromatic N) is 2. The third kappa shape index (κ3) is 3.48. The Morgan fingerprint density at radius 2 is 1.89 bits per heavy atom. The molecule has 2 aromatic rings. The van der Waals surface area contributed by atoms with Crippen LogP contribution in [0.4, 0.5) is 0 Å². The summed E-state index contributed by atoms with van der Waals surface area (Å²) in [5.41, 5.74) is 1.66. The fraction of sp³-hybridized carbons (Fsp3) is 0.231. The minimum Gasteiger partial charge on any atom is -0.232 e. The van der Waals surface area contributed by atoms with Crippen LogP contribution in [-0.2, 0) is 6.42 Å². The minimum absolute atomic E-state index is 0.407. The van der Waals surface area contributed by atoms with Crippen LogP contribution < -0.4 is 0 Å². The molecule has 0 saturated carbocycles. The third-order valence-electron chi connectivity index (χ3n) is 2.54. The largest absolute Gasteiger partial charge is 0.232 e. The highest BCUT2D eigenvalue weighted by atomic mass is 79.9. The highest BCUT2D eigenvalue weighted by Crippen LogP contribution is 2.32. The number of benzene rings is 1. The Bertz CT molecular complexity index is 618. The Labute approximate surface area is 138 Å². The Hall–Kier alpha value is -0.160. The lowest BCUT2D eigenvalue weighted by molar-refractivity contribution is 0.868. The number of halogens is 4. The molecule has 1 heterocycles. The average Bonchev–Trinajstić information content (AvgIpc) is 2.38. The van der Waals surface area contributed by atoms with Gasteiger partial charge >= 0.3 is 0 Å². The maximum absolute atomic E-state index is 6.20. The van der Waals surface area contributed by atoms with Crippen LogP contribution in [0.3, 0.4) is 0 Å². The summed E-state index contributed by atoms with van der Waals surface area (Å²) < 4.78 is 1.68. The van der Waals surface area contributed by atoms with Gasteiger partial charge in [0.15, 0.2) is 5.82 Å². The van der Waals surface area contributed by atoms with E-state index >= 15 is 0 Å². The molecule has 0 unspecified atom stereocenters. The van der Waals surface area contributed by atoms with Crippen LogP contribution in [0, 0.1) is 0 Å². The SMILES string of the molecule is CCCc1nc(-c2cc(Br)ccc2Cl)nc(Cl)c1Br. The molecule has 6 heteroatoms.